The number of hydrogen-bond acceptors (Lipinski definition) is 3. The minimum atomic E-state index is 0.692. The van der Waals surface area contributed by atoms with Crippen molar-refractivity contribution in [3.05, 3.63) is 29.6 Å². The Kier molecular flexibility index (Phi) is 5.14. The van der Waals surface area contributed by atoms with Gasteiger partial charge in [0.05, 0.1) is 11.4 Å². The predicted molar refractivity (Wildman–Crippen MR) is 75.3 cm³/mol. The first-order chi connectivity index (χ1) is 8.74. The summed E-state index contributed by atoms with van der Waals surface area (Å²) in [5, 5.41) is 3.45. The van der Waals surface area contributed by atoms with Crippen molar-refractivity contribution in [1.82, 2.24) is 15.2 Å². The molecule has 1 saturated heterocycles. The largest absolute Gasteiger partial charge is 0.311 e. The van der Waals surface area contributed by atoms with Crippen LogP contribution in [0.5, 0.6) is 0 Å². The predicted octanol–water partition coefficient (Wildman–Crippen LogP) is 2.42. The first-order valence-electron chi connectivity index (χ1n) is 7.12. The van der Waals surface area contributed by atoms with Gasteiger partial charge >= 0.3 is 0 Å². The van der Waals surface area contributed by atoms with Crippen LogP contribution in [0.1, 0.15) is 38.1 Å². The maximum absolute atomic E-state index is 4.73. The van der Waals surface area contributed by atoms with Crippen LogP contribution >= 0.6 is 0 Å². The highest BCUT2D eigenvalue weighted by Crippen LogP contribution is 2.11. The van der Waals surface area contributed by atoms with Gasteiger partial charge < -0.3 is 5.32 Å². The molecule has 0 radical (unpaired) electrons. The average molecular weight is 247 g/mol. The van der Waals surface area contributed by atoms with E-state index in [-0.39, 0.29) is 0 Å². The van der Waals surface area contributed by atoms with Gasteiger partial charge in [-0.25, -0.2) is 0 Å². The summed E-state index contributed by atoms with van der Waals surface area (Å²) in [4.78, 5) is 7.22. The van der Waals surface area contributed by atoms with E-state index in [2.05, 4.69) is 42.3 Å². The number of aromatic nitrogens is 1. The van der Waals surface area contributed by atoms with E-state index < -0.39 is 0 Å². The van der Waals surface area contributed by atoms with Crippen LogP contribution in [0, 0.1) is 5.92 Å². The summed E-state index contributed by atoms with van der Waals surface area (Å²) in [6, 6.07) is 6.38. The quantitative estimate of drug-likeness (QED) is 0.837. The van der Waals surface area contributed by atoms with Crippen molar-refractivity contribution in [3.63, 3.8) is 0 Å². The Bertz CT molecular complexity index is 357. The van der Waals surface area contributed by atoms with Crippen LogP contribution in [-0.4, -0.2) is 29.5 Å². The maximum atomic E-state index is 4.73. The zero-order chi connectivity index (χ0) is 12.8. The first kappa shape index (κ1) is 13.5. The van der Waals surface area contributed by atoms with E-state index in [1.165, 1.54) is 31.6 Å². The molecule has 0 aromatic carbocycles. The molecule has 1 aromatic heterocycles. The third kappa shape index (κ3) is 4.39. The van der Waals surface area contributed by atoms with Crippen LogP contribution in [0.4, 0.5) is 0 Å². The van der Waals surface area contributed by atoms with Gasteiger partial charge in [-0.3, -0.25) is 9.88 Å². The second kappa shape index (κ2) is 6.86. The lowest BCUT2D eigenvalue weighted by molar-refractivity contribution is 0.327. The molecular formula is C15H25N3. The fraction of sp³-hybridized carbons (Fsp3) is 0.667. The van der Waals surface area contributed by atoms with Crippen molar-refractivity contribution in [3.8, 4) is 0 Å². The van der Waals surface area contributed by atoms with E-state index in [1.54, 1.807) is 0 Å². The topological polar surface area (TPSA) is 28.2 Å². The molecule has 0 bridgehead atoms. The first-order valence-corrected chi connectivity index (χ1v) is 7.12. The Labute approximate surface area is 111 Å². The minimum Gasteiger partial charge on any atom is -0.311 e. The van der Waals surface area contributed by atoms with Crippen LogP contribution in [0.2, 0.25) is 0 Å². The Morgan fingerprint density at radius 2 is 1.94 bits per heavy atom. The molecule has 0 unspecified atom stereocenters. The van der Waals surface area contributed by atoms with E-state index in [0.717, 1.165) is 25.3 Å². The fourth-order valence-electron chi connectivity index (χ4n) is 2.37. The van der Waals surface area contributed by atoms with Gasteiger partial charge in [-0.15, -0.1) is 0 Å². The highest BCUT2D eigenvalue weighted by atomic mass is 15.1. The summed E-state index contributed by atoms with van der Waals surface area (Å²) in [5.74, 6) is 0.692. The van der Waals surface area contributed by atoms with Crippen molar-refractivity contribution in [2.45, 2.75) is 39.8 Å². The number of nitrogens with one attached hydrogen (secondary N) is 1. The summed E-state index contributed by atoms with van der Waals surface area (Å²) in [7, 11) is 0. The fourth-order valence-corrected chi connectivity index (χ4v) is 2.37. The number of nitrogens with zero attached hydrogens (tertiary/aromatic N) is 2. The standard InChI is InChI=1S/C15H25N3/c1-13(2)10-16-11-14-6-5-7-15(17-14)12-18-8-3-4-9-18/h5-7,13,16H,3-4,8-12H2,1-2H3. The summed E-state index contributed by atoms with van der Waals surface area (Å²) < 4.78 is 0. The highest BCUT2D eigenvalue weighted by molar-refractivity contribution is 5.11. The van der Waals surface area contributed by atoms with Crippen molar-refractivity contribution in [1.29, 1.82) is 0 Å². The molecule has 1 aliphatic rings. The van der Waals surface area contributed by atoms with Gasteiger partial charge in [0.25, 0.3) is 0 Å². The van der Waals surface area contributed by atoms with Crippen molar-refractivity contribution in [2.24, 2.45) is 5.92 Å². The molecule has 0 aliphatic carbocycles. The van der Waals surface area contributed by atoms with Gasteiger partial charge in [0.1, 0.15) is 0 Å². The molecule has 2 rings (SSSR count). The average Bonchev–Trinajstić information content (AvgIpc) is 2.82. The molecule has 2 heterocycles. The number of pyridine rings is 1. The second-order valence-corrected chi connectivity index (χ2v) is 5.63. The van der Waals surface area contributed by atoms with E-state index in [4.69, 9.17) is 4.98 Å². The van der Waals surface area contributed by atoms with Crippen LogP contribution in [-0.2, 0) is 13.1 Å². The molecule has 18 heavy (non-hydrogen) atoms. The second-order valence-electron chi connectivity index (χ2n) is 5.63. The Morgan fingerprint density at radius 1 is 1.22 bits per heavy atom. The lowest BCUT2D eigenvalue weighted by atomic mass is 10.2. The minimum absolute atomic E-state index is 0.692. The van der Waals surface area contributed by atoms with E-state index >= 15 is 0 Å². The van der Waals surface area contributed by atoms with Crippen molar-refractivity contribution >= 4 is 0 Å². The lowest BCUT2D eigenvalue weighted by Crippen LogP contribution is -2.21. The molecule has 0 saturated carbocycles. The third-order valence-electron chi connectivity index (χ3n) is 3.31. The summed E-state index contributed by atoms with van der Waals surface area (Å²) in [6.07, 6.45) is 2.69. The molecule has 3 heteroatoms. The zero-order valence-corrected chi connectivity index (χ0v) is 11.7. The molecule has 100 valence electrons. The highest BCUT2D eigenvalue weighted by Gasteiger charge is 2.12. The molecule has 1 aliphatic heterocycles. The van der Waals surface area contributed by atoms with Gasteiger partial charge in [-0.1, -0.05) is 19.9 Å². The van der Waals surface area contributed by atoms with E-state index in [9.17, 15) is 0 Å². The normalized spacial score (nSPS) is 16.6. The van der Waals surface area contributed by atoms with Crippen molar-refractivity contribution < 1.29 is 0 Å². The molecule has 0 spiro atoms. The zero-order valence-electron chi connectivity index (χ0n) is 11.7. The Hall–Kier alpha value is -0.930. The third-order valence-corrected chi connectivity index (χ3v) is 3.31. The van der Waals surface area contributed by atoms with Crippen LogP contribution in [0.15, 0.2) is 18.2 Å². The molecule has 1 N–H and O–H groups in total. The summed E-state index contributed by atoms with van der Waals surface area (Å²) >= 11 is 0. The molecular weight excluding hydrogens is 222 g/mol. The van der Waals surface area contributed by atoms with Gasteiger partial charge in [0.2, 0.25) is 0 Å². The number of hydrogen-bond donors (Lipinski definition) is 1. The van der Waals surface area contributed by atoms with Gasteiger partial charge in [0, 0.05) is 13.1 Å². The van der Waals surface area contributed by atoms with Gasteiger partial charge in [-0.05, 0) is 50.5 Å². The van der Waals surface area contributed by atoms with Crippen molar-refractivity contribution in [2.75, 3.05) is 19.6 Å². The van der Waals surface area contributed by atoms with Gasteiger partial charge in [0.15, 0.2) is 0 Å². The number of rotatable bonds is 6. The lowest BCUT2D eigenvalue weighted by Gasteiger charge is -2.14. The van der Waals surface area contributed by atoms with Gasteiger partial charge in [-0.2, -0.15) is 0 Å². The summed E-state index contributed by atoms with van der Waals surface area (Å²) in [6.45, 7) is 9.87. The Balaban J connectivity index is 1.84. The molecule has 3 nitrogen and oxygen atoms in total. The van der Waals surface area contributed by atoms with Crippen LogP contribution in [0.3, 0.4) is 0 Å². The smallest absolute Gasteiger partial charge is 0.0547 e. The number of likely N-dealkylation sites (tertiary alicyclic amines) is 1. The van der Waals surface area contributed by atoms with E-state index in [0.29, 0.717) is 5.92 Å². The molecule has 1 fully saturated rings. The molecule has 1 aromatic rings. The van der Waals surface area contributed by atoms with Crippen LogP contribution < -0.4 is 5.32 Å². The molecule has 0 amide bonds. The summed E-state index contributed by atoms with van der Waals surface area (Å²) in [5.41, 5.74) is 2.37. The monoisotopic (exact) mass is 247 g/mol. The van der Waals surface area contributed by atoms with Crippen LogP contribution in [0.25, 0.3) is 0 Å². The van der Waals surface area contributed by atoms with E-state index in [1.807, 2.05) is 0 Å². The SMILES string of the molecule is CC(C)CNCc1cccc(CN2CCCC2)n1. The maximum Gasteiger partial charge on any atom is 0.0547 e. The molecule has 0 atom stereocenters. The Morgan fingerprint density at radius 3 is 2.67 bits per heavy atom.